The summed E-state index contributed by atoms with van der Waals surface area (Å²) in [6.07, 6.45) is 4.27. The smallest absolute Gasteiger partial charge is 0.231 e. The van der Waals surface area contributed by atoms with Crippen molar-refractivity contribution in [1.82, 2.24) is 10.1 Å². The van der Waals surface area contributed by atoms with Crippen LogP contribution in [0.3, 0.4) is 0 Å². The fraction of sp³-hybridized carbons (Fsp3) is 0.867. The molecule has 1 aromatic heterocycles. The van der Waals surface area contributed by atoms with E-state index in [1.807, 2.05) is 13.8 Å². The van der Waals surface area contributed by atoms with Crippen LogP contribution in [0.5, 0.6) is 0 Å². The molecule has 5 nitrogen and oxygen atoms in total. The molecule has 0 aliphatic heterocycles. The van der Waals surface area contributed by atoms with E-state index >= 15 is 0 Å². The number of rotatable bonds is 6. The van der Waals surface area contributed by atoms with Crippen molar-refractivity contribution in [3.63, 3.8) is 0 Å². The third-order valence-electron chi connectivity index (χ3n) is 4.25. The Bertz CT molecular complexity index is 415. The second-order valence-electron chi connectivity index (χ2n) is 6.22. The highest BCUT2D eigenvalue weighted by molar-refractivity contribution is 5.07. The predicted octanol–water partition coefficient (Wildman–Crippen LogP) is 2.96. The highest BCUT2D eigenvalue weighted by Crippen LogP contribution is 2.41. The van der Waals surface area contributed by atoms with Gasteiger partial charge in [0.25, 0.3) is 0 Å². The van der Waals surface area contributed by atoms with Crippen LogP contribution in [0.1, 0.15) is 71.0 Å². The van der Waals surface area contributed by atoms with E-state index in [1.54, 1.807) is 0 Å². The van der Waals surface area contributed by atoms with Crippen LogP contribution in [0, 0.1) is 5.92 Å². The Morgan fingerprint density at radius 3 is 2.45 bits per heavy atom. The van der Waals surface area contributed by atoms with Gasteiger partial charge in [-0.1, -0.05) is 19.0 Å². The molecule has 20 heavy (non-hydrogen) atoms. The fourth-order valence-corrected chi connectivity index (χ4v) is 3.33. The maximum atomic E-state index is 6.06. The summed E-state index contributed by atoms with van der Waals surface area (Å²) in [7, 11) is 0. The Labute approximate surface area is 121 Å². The van der Waals surface area contributed by atoms with Gasteiger partial charge in [-0.25, -0.2) is 0 Å². The Morgan fingerprint density at radius 2 is 1.95 bits per heavy atom. The van der Waals surface area contributed by atoms with Gasteiger partial charge < -0.3 is 15.0 Å². The van der Waals surface area contributed by atoms with Crippen LogP contribution in [0.2, 0.25) is 0 Å². The zero-order valence-electron chi connectivity index (χ0n) is 13.1. The van der Waals surface area contributed by atoms with Crippen molar-refractivity contribution in [2.75, 3.05) is 6.61 Å². The van der Waals surface area contributed by atoms with Crippen LogP contribution in [-0.4, -0.2) is 22.8 Å². The summed E-state index contributed by atoms with van der Waals surface area (Å²) in [4.78, 5) is 4.64. The van der Waals surface area contributed by atoms with Gasteiger partial charge in [-0.05, 0) is 45.4 Å². The lowest BCUT2D eigenvalue weighted by Gasteiger charge is -2.25. The lowest BCUT2D eigenvalue weighted by atomic mass is 9.89. The molecule has 114 valence electrons. The van der Waals surface area contributed by atoms with Crippen LogP contribution in [0.25, 0.3) is 0 Å². The Balaban J connectivity index is 2.27. The zero-order valence-corrected chi connectivity index (χ0v) is 13.1. The van der Waals surface area contributed by atoms with Crippen LogP contribution >= 0.6 is 0 Å². The normalized spacial score (nSPS) is 21.3. The van der Waals surface area contributed by atoms with E-state index in [1.165, 1.54) is 0 Å². The molecule has 1 aliphatic rings. The van der Waals surface area contributed by atoms with Crippen molar-refractivity contribution >= 4 is 0 Å². The van der Waals surface area contributed by atoms with Crippen LogP contribution in [-0.2, 0) is 10.3 Å². The second-order valence-corrected chi connectivity index (χ2v) is 6.22. The summed E-state index contributed by atoms with van der Waals surface area (Å²) in [6, 6.07) is -0.00470. The molecule has 0 radical (unpaired) electrons. The van der Waals surface area contributed by atoms with Gasteiger partial charge in [0.15, 0.2) is 0 Å². The summed E-state index contributed by atoms with van der Waals surface area (Å²) in [6.45, 7) is 8.94. The van der Waals surface area contributed by atoms with Gasteiger partial charge >= 0.3 is 0 Å². The standard InChI is InChI=1S/C15H27N3O2/c1-5-19-15(8-6-7-9-15)14-17-13(20-18-14)12(10(2)3)11(4)16/h10-12H,5-9,16H2,1-4H3. The topological polar surface area (TPSA) is 74.2 Å². The van der Waals surface area contributed by atoms with E-state index in [0.717, 1.165) is 25.7 Å². The molecule has 1 aromatic rings. The van der Waals surface area contributed by atoms with E-state index in [9.17, 15) is 0 Å². The van der Waals surface area contributed by atoms with Crippen molar-refractivity contribution in [3.05, 3.63) is 11.7 Å². The van der Waals surface area contributed by atoms with Gasteiger partial charge in [0.1, 0.15) is 5.60 Å². The highest BCUT2D eigenvalue weighted by Gasteiger charge is 2.41. The van der Waals surface area contributed by atoms with Crippen LogP contribution in [0.15, 0.2) is 4.52 Å². The molecule has 0 saturated heterocycles. The molecule has 0 amide bonds. The van der Waals surface area contributed by atoms with E-state index < -0.39 is 0 Å². The Hall–Kier alpha value is -0.940. The lowest BCUT2D eigenvalue weighted by molar-refractivity contribution is -0.0469. The Kier molecular flexibility index (Phi) is 4.81. The summed E-state index contributed by atoms with van der Waals surface area (Å²) in [5.41, 5.74) is 5.73. The van der Waals surface area contributed by atoms with Gasteiger partial charge in [0.05, 0.1) is 5.92 Å². The summed E-state index contributed by atoms with van der Waals surface area (Å²) < 4.78 is 11.5. The minimum Gasteiger partial charge on any atom is -0.367 e. The molecule has 0 aromatic carbocycles. The minimum absolute atomic E-state index is 0.00470. The maximum absolute atomic E-state index is 6.06. The summed E-state index contributed by atoms with van der Waals surface area (Å²) in [5, 5.41) is 4.21. The molecule has 1 heterocycles. The molecule has 1 aliphatic carbocycles. The number of hydrogen-bond donors (Lipinski definition) is 1. The third-order valence-corrected chi connectivity index (χ3v) is 4.25. The van der Waals surface area contributed by atoms with Crippen LogP contribution < -0.4 is 5.73 Å². The van der Waals surface area contributed by atoms with Crippen molar-refractivity contribution in [1.29, 1.82) is 0 Å². The van der Waals surface area contributed by atoms with E-state index in [0.29, 0.717) is 24.2 Å². The molecule has 0 bridgehead atoms. The molecule has 1 saturated carbocycles. The number of aromatic nitrogens is 2. The van der Waals surface area contributed by atoms with Crippen molar-refractivity contribution < 1.29 is 9.26 Å². The van der Waals surface area contributed by atoms with E-state index in [2.05, 4.69) is 24.0 Å². The molecular formula is C15H27N3O2. The lowest BCUT2D eigenvalue weighted by Crippen LogP contribution is -2.30. The van der Waals surface area contributed by atoms with Crippen molar-refractivity contribution in [3.8, 4) is 0 Å². The Morgan fingerprint density at radius 1 is 1.30 bits per heavy atom. The number of nitrogens with zero attached hydrogens (tertiary/aromatic N) is 2. The van der Waals surface area contributed by atoms with Crippen molar-refractivity contribution in [2.24, 2.45) is 11.7 Å². The number of hydrogen-bond acceptors (Lipinski definition) is 5. The molecule has 5 heteroatoms. The van der Waals surface area contributed by atoms with Gasteiger partial charge in [0, 0.05) is 12.6 Å². The van der Waals surface area contributed by atoms with E-state index in [-0.39, 0.29) is 17.6 Å². The first kappa shape index (κ1) is 15.4. The number of ether oxygens (including phenoxy) is 1. The third kappa shape index (κ3) is 2.88. The summed E-state index contributed by atoms with van der Waals surface area (Å²) in [5.74, 6) is 1.82. The SMILES string of the molecule is CCOC1(c2noc(C(C(C)C)C(C)N)n2)CCCC1. The summed E-state index contributed by atoms with van der Waals surface area (Å²) >= 11 is 0. The second kappa shape index (κ2) is 6.22. The molecule has 2 atom stereocenters. The monoisotopic (exact) mass is 281 g/mol. The molecule has 2 rings (SSSR count). The molecular weight excluding hydrogens is 254 g/mol. The quantitative estimate of drug-likeness (QED) is 0.867. The average molecular weight is 281 g/mol. The first-order chi connectivity index (χ1) is 9.50. The largest absolute Gasteiger partial charge is 0.367 e. The molecule has 2 unspecified atom stereocenters. The average Bonchev–Trinajstić information content (AvgIpc) is 2.98. The van der Waals surface area contributed by atoms with Gasteiger partial charge in [-0.2, -0.15) is 4.98 Å². The maximum Gasteiger partial charge on any atom is 0.231 e. The van der Waals surface area contributed by atoms with Crippen LogP contribution in [0.4, 0.5) is 0 Å². The first-order valence-electron chi connectivity index (χ1n) is 7.74. The molecule has 0 spiro atoms. The van der Waals surface area contributed by atoms with Gasteiger partial charge in [-0.3, -0.25) is 0 Å². The number of nitrogens with two attached hydrogens (primary N) is 1. The zero-order chi connectivity index (χ0) is 14.8. The predicted molar refractivity (Wildman–Crippen MR) is 77.3 cm³/mol. The van der Waals surface area contributed by atoms with Gasteiger partial charge in [-0.15, -0.1) is 0 Å². The minimum atomic E-state index is -0.337. The molecule has 1 fully saturated rings. The van der Waals surface area contributed by atoms with Crippen molar-refractivity contribution in [2.45, 2.75) is 70.9 Å². The molecule has 2 N–H and O–H groups in total. The van der Waals surface area contributed by atoms with E-state index in [4.69, 9.17) is 15.0 Å². The first-order valence-corrected chi connectivity index (χ1v) is 7.74. The highest BCUT2D eigenvalue weighted by atomic mass is 16.5. The van der Waals surface area contributed by atoms with Gasteiger partial charge in [0.2, 0.25) is 11.7 Å². The fourth-order valence-electron chi connectivity index (χ4n) is 3.33.